The third-order valence-corrected chi connectivity index (χ3v) is 4.66. The van der Waals surface area contributed by atoms with Crippen LogP contribution in [0.2, 0.25) is 0 Å². The van der Waals surface area contributed by atoms with Gasteiger partial charge in [-0.1, -0.05) is 30.3 Å². The number of para-hydroxylation sites is 3. The third-order valence-electron chi connectivity index (χ3n) is 3.72. The van der Waals surface area contributed by atoms with Gasteiger partial charge in [-0.25, -0.2) is 4.72 Å². The minimum Gasteiger partial charge on any atom is -0.495 e. The van der Waals surface area contributed by atoms with E-state index in [2.05, 4.69) is 4.72 Å². The molecule has 0 aliphatic heterocycles. The van der Waals surface area contributed by atoms with E-state index in [9.17, 15) is 13.2 Å². The smallest absolute Gasteiger partial charge is 0.324 e. The van der Waals surface area contributed by atoms with Crippen LogP contribution in [0.5, 0.6) is 5.75 Å². The number of carbonyl (C=O) groups excluding carboxylic acids is 1. The number of aryl methyl sites for hydroxylation is 1. The summed E-state index contributed by atoms with van der Waals surface area (Å²) in [7, 11) is -0.888. The lowest BCUT2D eigenvalue weighted by Crippen LogP contribution is -2.35. The molecule has 2 aromatic carbocycles. The van der Waals surface area contributed by atoms with Crippen LogP contribution in [-0.2, 0) is 17.3 Å². The zero-order chi connectivity index (χ0) is 18.0. The van der Waals surface area contributed by atoms with Crippen molar-refractivity contribution in [3.05, 3.63) is 60.3 Å². The van der Waals surface area contributed by atoms with Gasteiger partial charge in [0.05, 0.1) is 18.4 Å². The van der Waals surface area contributed by atoms with Gasteiger partial charge >= 0.3 is 10.2 Å². The predicted octanol–water partition coefficient (Wildman–Crippen LogP) is 2.27. The van der Waals surface area contributed by atoms with Gasteiger partial charge in [0.2, 0.25) is 0 Å². The summed E-state index contributed by atoms with van der Waals surface area (Å²) in [6.45, 7) is 0. The normalized spacial score (nSPS) is 11.3. The molecule has 25 heavy (non-hydrogen) atoms. The van der Waals surface area contributed by atoms with Gasteiger partial charge in [0.15, 0.2) is 0 Å². The molecule has 0 unspecified atom stereocenters. The van der Waals surface area contributed by atoms with Crippen molar-refractivity contribution in [3.8, 4) is 5.75 Å². The number of fused-ring (bicyclic) bond motifs is 1. The molecule has 3 aromatic rings. The average Bonchev–Trinajstić information content (AvgIpc) is 2.92. The molecule has 0 bridgehead atoms. The van der Waals surface area contributed by atoms with Crippen molar-refractivity contribution in [2.24, 2.45) is 7.05 Å². The summed E-state index contributed by atoms with van der Waals surface area (Å²) in [6.07, 6.45) is 1.60. The summed E-state index contributed by atoms with van der Waals surface area (Å²) in [6, 6.07) is 13.8. The topological polar surface area (TPSA) is 89.4 Å². The maximum atomic E-state index is 12.5. The van der Waals surface area contributed by atoms with E-state index in [-0.39, 0.29) is 11.3 Å². The summed E-state index contributed by atoms with van der Waals surface area (Å²) in [5.74, 6) is -0.357. The molecule has 3 rings (SSSR count). The van der Waals surface area contributed by atoms with E-state index >= 15 is 0 Å². The summed E-state index contributed by atoms with van der Waals surface area (Å²) in [4.78, 5) is 12.5. The lowest BCUT2D eigenvalue weighted by atomic mass is 10.2. The van der Waals surface area contributed by atoms with Crippen LogP contribution in [0, 0.1) is 0 Å². The Balaban J connectivity index is 1.86. The van der Waals surface area contributed by atoms with Crippen LogP contribution < -0.4 is 14.2 Å². The van der Waals surface area contributed by atoms with Gasteiger partial charge in [0.25, 0.3) is 5.91 Å². The van der Waals surface area contributed by atoms with E-state index in [1.54, 1.807) is 54.2 Å². The number of carbonyl (C=O) groups is 1. The second kappa shape index (κ2) is 6.48. The predicted molar refractivity (Wildman–Crippen MR) is 95.9 cm³/mol. The first-order valence-electron chi connectivity index (χ1n) is 7.43. The molecule has 1 amide bonds. The Bertz CT molecular complexity index is 1040. The average molecular weight is 359 g/mol. The number of nitrogens with zero attached hydrogens (tertiary/aromatic N) is 1. The molecule has 130 valence electrons. The monoisotopic (exact) mass is 359 g/mol. The van der Waals surface area contributed by atoms with Gasteiger partial charge in [-0.05, 0) is 18.2 Å². The standard InChI is InChI=1S/C17H17N3O4S/c1-20-11-13(12-7-3-5-9-15(12)20)17(21)19-25(22,23)18-14-8-4-6-10-16(14)24-2/h3-11,18H,1-2H3,(H,19,21). The Labute approximate surface area is 145 Å². The van der Waals surface area contributed by atoms with E-state index in [0.29, 0.717) is 11.1 Å². The molecule has 0 atom stereocenters. The van der Waals surface area contributed by atoms with Crippen molar-refractivity contribution in [2.75, 3.05) is 11.8 Å². The molecular formula is C17H17N3O4S. The number of rotatable bonds is 5. The van der Waals surface area contributed by atoms with E-state index in [1.807, 2.05) is 16.9 Å². The summed E-state index contributed by atoms with van der Waals surface area (Å²) >= 11 is 0. The minimum atomic E-state index is -4.11. The number of benzene rings is 2. The molecule has 0 saturated carbocycles. The SMILES string of the molecule is COc1ccccc1NS(=O)(=O)NC(=O)c1cn(C)c2ccccc12. The van der Waals surface area contributed by atoms with Crippen LogP contribution in [0.3, 0.4) is 0 Å². The number of anilines is 1. The summed E-state index contributed by atoms with van der Waals surface area (Å²) in [5, 5.41) is 0.676. The first-order valence-corrected chi connectivity index (χ1v) is 8.91. The highest BCUT2D eigenvalue weighted by atomic mass is 32.2. The van der Waals surface area contributed by atoms with Gasteiger partial charge < -0.3 is 9.30 Å². The minimum absolute atomic E-state index is 0.239. The van der Waals surface area contributed by atoms with Crippen molar-refractivity contribution in [3.63, 3.8) is 0 Å². The van der Waals surface area contributed by atoms with Gasteiger partial charge in [-0.3, -0.25) is 9.52 Å². The van der Waals surface area contributed by atoms with E-state index < -0.39 is 16.1 Å². The fourth-order valence-electron chi connectivity index (χ4n) is 2.60. The van der Waals surface area contributed by atoms with Crippen LogP contribution in [0.15, 0.2) is 54.7 Å². The number of hydrogen-bond donors (Lipinski definition) is 2. The number of aromatic nitrogens is 1. The van der Waals surface area contributed by atoms with Gasteiger partial charge in [-0.15, -0.1) is 0 Å². The lowest BCUT2D eigenvalue weighted by Gasteiger charge is -2.12. The van der Waals surface area contributed by atoms with Gasteiger partial charge in [-0.2, -0.15) is 8.42 Å². The quantitative estimate of drug-likeness (QED) is 0.731. The Morgan fingerprint density at radius 2 is 1.76 bits per heavy atom. The maximum absolute atomic E-state index is 12.5. The van der Waals surface area contributed by atoms with Crippen molar-refractivity contribution in [1.82, 2.24) is 9.29 Å². The number of amides is 1. The molecule has 0 saturated heterocycles. The maximum Gasteiger partial charge on any atom is 0.324 e. The Morgan fingerprint density at radius 1 is 1.08 bits per heavy atom. The highest BCUT2D eigenvalue weighted by Gasteiger charge is 2.20. The summed E-state index contributed by atoms with van der Waals surface area (Å²) in [5.41, 5.74) is 1.36. The molecule has 7 nitrogen and oxygen atoms in total. The Kier molecular flexibility index (Phi) is 4.37. The van der Waals surface area contributed by atoms with E-state index in [1.165, 1.54) is 7.11 Å². The van der Waals surface area contributed by atoms with Gasteiger partial charge in [0, 0.05) is 24.1 Å². The number of nitrogens with one attached hydrogen (secondary N) is 2. The fraction of sp³-hybridized carbons (Fsp3) is 0.118. The van der Waals surface area contributed by atoms with E-state index in [4.69, 9.17) is 4.74 Å². The number of ether oxygens (including phenoxy) is 1. The van der Waals surface area contributed by atoms with Crippen molar-refractivity contribution < 1.29 is 17.9 Å². The molecule has 2 N–H and O–H groups in total. The molecule has 0 radical (unpaired) electrons. The van der Waals surface area contributed by atoms with E-state index in [0.717, 1.165) is 5.52 Å². The first kappa shape index (κ1) is 16.8. The highest BCUT2D eigenvalue weighted by Crippen LogP contribution is 2.24. The van der Waals surface area contributed by atoms with Crippen LogP contribution in [-0.4, -0.2) is 26.0 Å². The van der Waals surface area contributed by atoms with Gasteiger partial charge in [0.1, 0.15) is 5.75 Å². The molecular weight excluding hydrogens is 342 g/mol. The number of hydrogen-bond acceptors (Lipinski definition) is 4. The molecule has 0 aliphatic carbocycles. The van der Waals surface area contributed by atoms with Crippen molar-refractivity contribution >= 4 is 32.7 Å². The Morgan fingerprint density at radius 3 is 2.52 bits per heavy atom. The molecule has 1 heterocycles. The second-order valence-electron chi connectivity index (χ2n) is 5.41. The zero-order valence-electron chi connectivity index (χ0n) is 13.7. The lowest BCUT2D eigenvalue weighted by molar-refractivity contribution is 0.0983. The van der Waals surface area contributed by atoms with Crippen molar-refractivity contribution in [1.29, 1.82) is 0 Å². The highest BCUT2D eigenvalue weighted by molar-refractivity contribution is 7.91. The number of methoxy groups -OCH3 is 1. The zero-order valence-corrected chi connectivity index (χ0v) is 14.5. The molecule has 0 aliphatic rings. The molecule has 0 fully saturated rings. The van der Waals surface area contributed by atoms with Crippen molar-refractivity contribution in [2.45, 2.75) is 0 Å². The second-order valence-corrected chi connectivity index (χ2v) is 6.82. The first-order chi connectivity index (χ1) is 11.9. The van der Waals surface area contributed by atoms with Crippen LogP contribution >= 0.6 is 0 Å². The molecule has 0 spiro atoms. The molecule has 8 heteroatoms. The van der Waals surface area contributed by atoms with Crippen LogP contribution in [0.1, 0.15) is 10.4 Å². The Hall–Kier alpha value is -3.00. The van der Waals surface area contributed by atoms with Crippen LogP contribution in [0.4, 0.5) is 5.69 Å². The molecule has 1 aromatic heterocycles. The van der Waals surface area contributed by atoms with Crippen LogP contribution in [0.25, 0.3) is 10.9 Å². The summed E-state index contributed by atoms with van der Waals surface area (Å²) < 4.78 is 35.8. The largest absolute Gasteiger partial charge is 0.495 e. The third kappa shape index (κ3) is 3.43. The fourth-order valence-corrected chi connectivity index (χ4v) is 3.46.